The highest BCUT2D eigenvalue weighted by Crippen LogP contribution is 2.33. The van der Waals surface area contributed by atoms with Gasteiger partial charge in [-0.25, -0.2) is 9.97 Å². The van der Waals surface area contributed by atoms with Crippen molar-refractivity contribution in [2.45, 2.75) is 14.9 Å². The maximum atomic E-state index is 12.4. The average molecular weight is 414 g/mol. The Morgan fingerprint density at radius 1 is 1.00 bits per heavy atom. The van der Waals surface area contributed by atoms with Crippen LogP contribution in [0.1, 0.15) is 0 Å². The molecule has 0 bridgehead atoms. The molecular weight excluding hydrogens is 394 g/mol. The van der Waals surface area contributed by atoms with Crippen LogP contribution in [-0.2, 0) is 4.79 Å². The molecule has 1 N–H and O–H groups in total. The highest BCUT2D eigenvalue weighted by atomic mass is 32.2. The van der Waals surface area contributed by atoms with Crippen LogP contribution in [0.25, 0.3) is 0 Å². The van der Waals surface area contributed by atoms with E-state index in [0.717, 1.165) is 9.92 Å². The highest BCUT2D eigenvalue weighted by Gasteiger charge is 2.13. The van der Waals surface area contributed by atoms with E-state index in [0.29, 0.717) is 22.2 Å². The Kier molecular flexibility index (Phi) is 7.16. The van der Waals surface area contributed by atoms with Crippen molar-refractivity contribution in [3.8, 4) is 11.5 Å². The molecular formula is C20H19N3O3S2. The fourth-order valence-electron chi connectivity index (χ4n) is 2.31. The molecule has 1 amide bonds. The van der Waals surface area contributed by atoms with Gasteiger partial charge in [0.25, 0.3) is 0 Å². The summed E-state index contributed by atoms with van der Waals surface area (Å²) >= 11 is 2.86. The van der Waals surface area contributed by atoms with Crippen molar-refractivity contribution >= 4 is 35.1 Å². The zero-order valence-corrected chi connectivity index (χ0v) is 17.0. The lowest BCUT2D eigenvalue weighted by Gasteiger charge is -2.12. The Morgan fingerprint density at radius 3 is 2.46 bits per heavy atom. The number of anilines is 1. The van der Waals surface area contributed by atoms with Crippen LogP contribution in [0.2, 0.25) is 0 Å². The van der Waals surface area contributed by atoms with E-state index in [2.05, 4.69) is 15.3 Å². The Morgan fingerprint density at radius 2 is 1.75 bits per heavy atom. The van der Waals surface area contributed by atoms with Gasteiger partial charge >= 0.3 is 0 Å². The number of hydrogen-bond donors (Lipinski definition) is 1. The van der Waals surface area contributed by atoms with Crippen LogP contribution in [0.5, 0.6) is 11.5 Å². The van der Waals surface area contributed by atoms with Gasteiger partial charge in [0.1, 0.15) is 21.6 Å². The van der Waals surface area contributed by atoms with Crippen LogP contribution in [-0.4, -0.2) is 35.8 Å². The molecule has 0 aliphatic rings. The first-order chi connectivity index (χ1) is 13.7. The van der Waals surface area contributed by atoms with E-state index in [1.54, 1.807) is 44.8 Å². The van der Waals surface area contributed by atoms with Gasteiger partial charge in [-0.2, -0.15) is 0 Å². The average Bonchev–Trinajstić information content (AvgIpc) is 2.74. The fourth-order valence-corrected chi connectivity index (χ4v) is 4.04. The summed E-state index contributed by atoms with van der Waals surface area (Å²) in [6, 6.07) is 15.2. The normalized spacial score (nSPS) is 10.4. The molecule has 28 heavy (non-hydrogen) atoms. The summed E-state index contributed by atoms with van der Waals surface area (Å²) in [5, 5.41) is 4.34. The minimum Gasteiger partial charge on any atom is -0.497 e. The molecule has 0 radical (unpaired) electrons. The number of benzene rings is 2. The SMILES string of the molecule is COc1ccc(OC)c(NC(=O)CSc2nccnc2Sc2ccccc2)c1. The van der Waals surface area contributed by atoms with Crippen molar-refractivity contribution in [3.05, 3.63) is 60.9 Å². The molecule has 3 aromatic rings. The van der Waals surface area contributed by atoms with Gasteiger partial charge in [0.2, 0.25) is 5.91 Å². The minimum absolute atomic E-state index is 0.169. The first-order valence-electron chi connectivity index (χ1n) is 8.38. The summed E-state index contributed by atoms with van der Waals surface area (Å²) < 4.78 is 10.5. The molecule has 6 nitrogen and oxygen atoms in total. The van der Waals surface area contributed by atoms with Crippen molar-refractivity contribution in [1.82, 2.24) is 9.97 Å². The second-order valence-electron chi connectivity index (χ2n) is 5.48. The second-order valence-corrected chi connectivity index (χ2v) is 7.51. The predicted molar refractivity (Wildman–Crippen MR) is 111 cm³/mol. The van der Waals surface area contributed by atoms with Gasteiger partial charge in [-0.05, 0) is 24.3 Å². The second kappa shape index (κ2) is 10.0. The number of ether oxygens (including phenoxy) is 2. The molecule has 0 aliphatic heterocycles. The summed E-state index contributed by atoms with van der Waals surface area (Å²) in [6.07, 6.45) is 3.27. The lowest BCUT2D eigenvalue weighted by Crippen LogP contribution is -2.15. The van der Waals surface area contributed by atoms with E-state index < -0.39 is 0 Å². The van der Waals surface area contributed by atoms with Crippen LogP contribution in [0.4, 0.5) is 5.69 Å². The van der Waals surface area contributed by atoms with Crippen molar-refractivity contribution in [2.24, 2.45) is 0 Å². The first-order valence-corrected chi connectivity index (χ1v) is 10.2. The molecule has 1 heterocycles. The minimum atomic E-state index is -0.169. The largest absolute Gasteiger partial charge is 0.497 e. The molecule has 144 valence electrons. The summed E-state index contributed by atoms with van der Waals surface area (Å²) in [7, 11) is 3.13. The fraction of sp³-hybridized carbons (Fsp3) is 0.150. The first kappa shape index (κ1) is 20.0. The van der Waals surface area contributed by atoms with Crippen LogP contribution in [0.15, 0.2) is 75.9 Å². The van der Waals surface area contributed by atoms with Gasteiger partial charge in [-0.3, -0.25) is 4.79 Å². The smallest absolute Gasteiger partial charge is 0.234 e. The lowest BCUT2D eigenvalue weighted by molar-refractivity contribution is -0.113. The maximum Gasteiger partial charge on any atom is 0.234 e. The van der Waals surface area contributed by atoms with Crippen molar-refractivity contribution in [3.63, 3.8) is 0 Å². The maximum absolute atomic E-state index is 12.4. The Hall–Kier alpha value is -2.71. The molecule has 2 aromatic carbocycles. The summed E-state index contributed by atoms with van der Waals surface area (Å²) in [5.41, 5.74) is 0.561. The van der Waals surface area contributed by atoms with E-state index in [9.17, 15) is 4.79 Å². The summed E-state index contributed by atoms with van der Waals surface area (Å²) in [6.45, 7) is 0. The topological polar surface area (TPSA) is 73.3 Å². The van der Waals surface area contributed by atoms with E-state index in [1.165, 1.54) is 23.5 Å². The van der Waals surface area contributed by atoms with E-state index in [-0.39, 0.29) is 11.7 Å². The number of methoxy groups -OCH3 is 2. The number of thioether (sulfide) groups is 1. The van der Waals surface area contributed by atoms with Gasteiger partial charge < -0.3 is 14.8 Å². The Labute approximate surface area is 172 Å². The van der Waals surface area contributed by atoms with Gasteiger partial charge in [0.05, 0.1) is 25.7 Å². The van der Waals surface area contributed by atoms with E-state index in [4.69, 9.17) is 9.47 Å². The zero-order chi connectivity index (χ0) is 19.8. The van der Waals surface area contributed by atoms with E-state index in [1.807, 2.05) is 30.3 Å². The Bertz CT molecular complexity index is 939. The third-order valence-electron chi connectivity index (χ3n) is 3.61. The molecule has 1 aromatic heterocycles. The number of aromatic nitrogens is 2. The quantitative estimate of drug-likeness (QED) is 0.550. The van der Waals surface area contributed by atoms with Crippen molar-refractivity contribution < 1.29 is 14.3 Å². The number of nitrogens with one attached hydrogen (secondary N) is 1. The zero-order valence-electron chi connectivity index (χ0n) is 15.4. The molecule has 0 atom stereocenters. The molecule has 0 aliphatic carbocycles. The van der Waals surface area contributed by atoms with Crippen molar-refractivity contribution in [2.75, 3.05) is 25.3 Å². The molecule has 0 spiro atoms. The highest BCUT2D eigenvalue weighted by molar-refractivity contribution is 8.02. The molecule has 3 rings (SSSR count). The van der Waals surface area contributed by atoms with Gasteiger partial charge in [-0.15, -0.1) is 0 Å². The predicted octanol–water partition coefficient (Wildman–Crippen LogP) is 4.38. The lowest BCUT2D eigenvalue weighted by atomic mass is 10.2. The van der Waals surface area contributed by atoms with Gasteiger partial charge in [-0.1, -0.05) is 41.7 Å². The molecule has 0 saturated carbocycles. The number of carbonyl (C=O) groups excluding carboxylic acids is 1. The van der Waals surface area contributed by atoms with Gasteiger partial charge in [0.15, 0.2) is 0 Å². The van der Waals surface area contributed by atoms with Crippen LogP contribution in [0.3, 0.4) is 0 Å². The third-order valence-corrected chi connectivity index (χ3v) is 5.72. The number of rotatable bonds is 8. The number of nitrogens with zero attached hydrogens (tertiary/aromatic N) is 2. The van der Waals surface area contributed by atoms with Crippen LogP contribution in [0, 0.1) is 0 Å². The summed E-state index contributed by atoms with van der Waals surface area (Å²) in [5.74, 6) is 1.23. The number of hydrogen-bond acceptors (Lipinski definition) is 7. The van der Waals surface area contributed by atoms with Gasteiger partial charge in [0, 0.05) is 23.4 Å². The summed E-state index contributed by atoms with van der Waals surface area (Å²) in [4.78, 5) is 22.3. The van der Waals surface area contributed by atoms with E-state index >= 15 is 0 Å². The molecule has 8 heteroatoms. The third kappa shape index (κ3) is 5.40. The monoisotopic (exact) mass is 413 g/mol. The number of amides is 1. The Balaban J connectivity index is 1.65. The standard InChI is InChI=1S/C20H19N3O3S2/c1-25-14-8-9-17(26-2)16(12-14)23-18(24)13-27-19-20(22-11-10-21-19)28-15-6-4-3-5-7-15/h3-12H,13H2,1-2H3,(H,23,24). The van der Waals surface area contributed by atoms with Crippen molar-refractivity contribution in [1.29, 1.82) is 0 Å². The van der Waals surface area contributed by atoms with Crippen LogP contribution >= 0.6 is 23.5 Å². The molecule has 0 unspecified atom stereocenters. The number of carbonyl (C=O) groups is 1. The van der Waals surface area contributed by atoms with Crippen LogP contribution < -0.4 is 14.8 Å². The molecule has 0 saturated heterocycles. The molecule has 0 fully saturated rings.